The lowest BCUT2D eigenvalue weighted by Crippen LogP contribution is -2.05. The third kappa shape index (κ3) is 4.66. The number of methoxy groups -OCH3 is 1. The van der Waals surface area contributed by atoms with E-state index < -0.39 is 11.9 Å². The van der Waals surface area contributed by atoms with E-state index in [4.69, 9.17) is 9.47 Å². The maximum atomic E-state index is 13.0. The number of imidazole rings is 1. The molecule has 0 radical (unpaired) electrons. The Hall–Kier alpha value is -3.47. The van der Waals surface area contributed by atoms with Crippen molar-refractivity contribution < 1.29 is 22.6 Å². The van der Waals surface area contributed by atoms with Crippen molar-refractivity contribution in [1.29, 1.82) is 0 Å². The molecule has 0 unspecified atom stereocenters. The number of hydrogen-bond donors (Lipinski definition) is 0. The number of thiazole rings is 1. The molecule has 31 heavy (non-hydrogen) atoms. The maximum absolute atomic E-state index is 13.0. The first-order valence-corrected chi connectivity index (χ1v) is 9.87. The normalized spacial score (nSPS) is 11.5. The highest BCUT2D eigenvalue weighted by Gasteiger charge is 2.34. The molecule has 0 amide bonds. The van der Waals surface area contributed by atoms with E-state index >= 15 is 0 Å². The third-order valence-electron chi connectivity index (χ3n) is 4.28. The van der Waals surface area contributed by atoms with Crippen molar-refractivity contribution in [3.05, 3.63) is 59.4 Å². The van der Waals surface area contributed by atoms with Gasteiger partial charge in [-0.2, -0.15) is 18.2 Å². The molecule has 0 spiro atoms. The van der Waals surface area contributed by atoms with Gasteiger partial charge in [-0.05, 0) is 17.7 Å². The molecule has 4 rings (SSSR count). The van der Waals surface area contributed by atoms with Crippen LogP contribution in [0.5, 0.6) is 11.6 Å². The van der Waals surface area contributed by atoms with Gasteiger partial charge in [-0.15, -0.1) is 11.3 Å². The Morgan fingerprint density at radius 3 is 2.48 bits per heavy atom. The van der Waals surface area contributed by atoms with Gasteiger partial charge < -0.3 is 14.0 Å². The van der Waals surface area contributed by atoms with Gasteiger partial charge in [-0.1, -0.05) is 12.1 Å². The molecule has 0 aliphatic carbocycles. The fourth-order valence-corrected chi connectivity index (χ4v) is 3.46. The third-order valence-corrected chi connectivity index (χ3v) is 5.12. The molecule has 160 valence electrons. The number of hydrogen-bond acceptors (Lipinski definition) is 7. The van der Waals surface area contributed by atoms with Crippen LogP contribution in [0.4, 0.5) is 13.2 Å². The van der Waals surface area contributed by atoms with Crippen molar-refractivity contribution in [3.8, 4) is 34.0 Å². The Balaban J connectivity index is 1.68. The fraction of sp³-hybridized carbons (Fsp3) is 0.200. The van der Waals surface area contributed by atoms with Crippen LogP contribution >= 0.6 is 11.3 Å². The monoisotopic (exact) mass is 447 g/mol. The van der Waals surface area contributed by atoms with Crippen LogP contribution in [-0.4, -0.2) is 31.6 Å². The minimum atomic E-state index is -4.54. The van der Waals surface area contributed by atoms with Gasteiger partial charge in [-0.3, -0.25) is 0 Å². The molecule has 7 nitrogen and oxygen atoms in total. The van der Waals surface area contributed by atoms with E-state index in [1.54, 1.807) is 49.3 Å². The summed E-state index contributed by atoms with van der Waals surface area (Å²) in [7, 11) is 3.36. The lowest BCUT2D eigenvalue weighted by molar-refractivity contribution is -0.140. The van der Waals surface area contributed by atoms with Gasteiger partial charge in [0.15, 0.2) is 22.4 Å². The average Bonchev–Trinajstić information content (AvgIpc) is 3.42. The Morgan fingerprint density at radius 1 is 1.10 bits per heavy atom. The molecular weight excluding hydrogens is 431 g/mol. The van der Waals surface area contributed by atoms with Gasteiger partial charge in [0, 0.05) is 30.9 Å². The molecule has 4 aromatic rings. The highest BCUT2D eigenvalue weighted by atomic mass is 32.1. The van der Waals surface area contributed by atoms with Gasteiger partial charge in [0.2, 0.25) is 5.88 Å². The predicted molar refractivity (Wildman–Crippen MR) is 108 cm³/mol. The quantitative estimate of drug-likeness (QED) is 0.430. The summed E-state index contributed by atoms with van der Waals surface area (Å²) in [6.45, 7) is 0.201. The van der Waals surface area contributed by atoms with Crippen molar-refractivity contribution in [2.75, 3.05) is 7.11 Å². The summed E-state index contributed by atoms with van der Waals surface area (Å²) in [5, 5.41) is 0.974. The molecule has 0 saturated carbocycles. The number of halogens is 3. The maximum Gasteiger partial charge on any atom is 0.434 e. The van der Waals surface area contributed by atoms with E-state index in [1.165, 1.54) is 0 Å². The molecular formula is C20H16F3N5O2S. The van der Waals surface area contributed by atoms with Crippen molar-refractivity contribution in [2.24, 2.45) is 7.05 Å². The Morgan fingerprint density at radius 2 is 1.87 bits per heavy atom. The Labute approximate surface area is 179 Å². The first-order chi connectivity index (χ1) is 14.8. The number of rotatable bonds is 6. The summed E-state index contributed by atoms with van der Waals surface area (Å²) in [4.78, 5) is 16.5. The molecule has 0 aliphatic heterocycles. The molecule has 0 fully saturated rings. The van der Waals surface area contributed by atoms with Crippen LogP contribution in [0.3, 0.4) is 0 Å². The molecule has 0 N–H and O–H groups in total. The summed E-state index contributed by atoms with van der Waals surface area (Å²) in [5.74, 6) is 1.47. The summed E-state index contributed by atoms with van der Waals surface area (Å²) in [5.41, 5.74) is 0.290. The van der Waals surface area contributed by atoms with E-state index in [9.17, 15) is 13.2 Å². The lowest BCUT2D eigenvalue weighted by atomic mass is 10.2. The summed E-state index contributed by atoms with van der Waals surface area (Å²) >= 11 is 0.814. The summed E-state index contributed by atoms with van der Waals surface area (Å²) in [6.07, 6.45) is -1.21. The lowest BCUT2D eigenvalue weighted by Gasteiger charge is -2.09. The van der Waals surface area contributed by atoms with Crippen LogP contribution in [0.1, 0.15) is 11.3 Å². The number of aryl methyl sites for hydroxylation is 1. The minimum absolute atomic E-state index is 0.0331. The van der Waals surface area contributed by atoms with E-state index in [1.807, 2.05) is 12.1 Å². The van der Waals surface area contributed by atoms with Crippen molar-refractivity contribution >= 4 is 11.3 Å². The van der Waals surface area contributed by atoms with Crippen molar-refractivity contribution in [2.45, 2.75) is 12.8 Å². The largest absolute Gasteiger partial charge is 0.497 e. The zero-order valence-corrected chi connectivity index (χ0v) is 17.2. The van der Waals surface area contributed by atoms with Gasteiger partial charge in [0.1, 0.15) is 18.1 Å². The van der Waals surface area contributed by atoms with Gasteiger partial charge in [0.25, 0.3) is 0 Å². The molecule has 1 aromatic carbocycles. The topological polar surface area (TPSA) is 75.0 Å². The van der Waals surface area contributed by atoms with Crippen molar-refractivity contribution in [1.82, 2.24) is 24.5 Å². The zero-order valence-electron chi connectivity index (χ0n) is 16.4. The van der Waals surface area contributed by atoms with Crippen LogP contribution in [-0.2, 0) is 19.8 Å². The SMILES string of the molecule is COc1ccc(COc2cc(-c3nccn3C)nc(-c3nc(C(F)(F)F)cs3)n2)cc1. The number of benzene rings is 1. The van der Waals surface area contributed by atoms with E-state index in [0.717, 1.165) is 28.0 Å². The highest BCUT2D eigenvalue weighted by Crippen LogP contribution is 2.33. The van der Waals surface area contributed by atoms with Crippen LogP contribution in [0.2, 0.25) is 0 Å². The second-order valence-electron chi connectivity index (χ2n) is 6.45. The van der Waals surface area contributed by atoms with Crippen LogP contribution in [0.15, 0.2) is 48.1 Å². The molecule has 3 aromatic heterocycles. The molecule has 0 atom stereocenters. The number of nitrogens with zero attached hydrogens (tertiary/aromatic N) is 5. The minimum Gasteiger partial charge on any atom is -0.497 e. The van der Waals surface area contributed by atoms with E-state index in [-0.39, 0.29) is 23.3 Å². The molecule has 0 saturated heterocycles. The van der Waals surface area contributed by atoms with Gasteiger partial charge in [0.05, 0.1) is 7.11 Å². The zero-order chi connectivity index (χ0) is 22.0. The Kier molecular flexibility index (Phi) is 5.59. The number of alkyl halides is 3. The van der Waals surface area contributed by atoms with Gasteiger partial charge in [-0.25, -0.2) is 15.0 Å². The average molecular weight is 447 g/mol. The number of aromatic nitrogens is 5. The van der Waals surface area contributed by atoms with E-state index in [2.05, 4.69) is 19.9 Å². The molecule has 11 heteroatoms. The smallest absolute Gasteiger partial charge is 0.434 e. The van der Waals surface area contributed by atoms with Gasteiger partial charge >= 0.3 is 6.18 Å². The summed E-state index contributed by atoms with van der Waals surface area (Å²) in [6, 6.07) is 8.89. The molecule has 0 bridgehead atoms. The van der Waals surface area contributed by atoms with Crippen LogP contribution < -0.4 is 9.47 Å². The van der Waals surface area contributed by atoms with E-state index in [0.29, 0.717) is 11.5 Å². The Bertz CT molecular complexity index is 1190. The second-order valence-corrected chi connectivity index (χ2v) is 7.31. The molecule has 0 aliphatic rings. The highest BCUT2D eigenvalue weighted by molar-refractivity contribution is 7.13. The fourth-order valence-electron chi connectivity index (χ4n) is 2.71. The predicted octanol–water partition coefficient (Wildman–Crippen LogP) is 4.61. The van der Waals surface area contributed by atoms with Crippen LogP contribution in [0, 0.1) is 0 Å². The number of ether oxygens (including phenoxy) is 2. The standard InChI is InChI=1S/C20H16F3N5O2S/c1-28-8-7-24-18(28)14-9-16(30-10-12-3-5-13(29-2)6-4-12)27-17(25-14)19-26-15(11-31-19)20(21,22)23/h3-9,11H,10H2,1-2H3. The first-order valence-electron chi connectivity index (χ1n) is 8.99. The first kappa shape index (κ1) is 20.8. The van der Waals surface area contributed by atoms with Crippen LogP contribution in [0.25, 0.3) is 22.4 Å². The summed E-state index contributed by atoms with van der Waals surface area (Å²) < 4.78 is 51.6. The molecule has 3 heterocycles. The van der Waals surface area contributed by atoms with Crippen molar-refractivity contribution in [3.63, 3.8) is 0 Å². The second kappa shape index (κ2) is 8.34.